The van der Waals surface area contributed by atoms with Gasteiger partial charge in [-0.15, -0.1) is 0 Å². The lowest BCUT2D eigenvalue weighted by Crippen LogP contribution is -2.18. The number of unbranched alkanes of at least 4 members (excludes halogenated alkanes) is 7. The summed E-state index contributed by atoms with van der Waals surface area (Å²) < 4.78 is 16.0. The first-order valence-corrected chi connectivity index (χ1v) is 9.59. The third-order valence-corrected chi connectivity index (χ3v) is 4.99. The molecule has 1 aromatic carbocycles. The van der Waals surface area contributed by atoms with Crippen LogP contribution in [0.3, 0.4) is 0 Å². The normalized spacial score (nSPS) is 12.5. The zero-order valence-corrected chi connectivity index (χ0v) is 14.8. The van der Waals surface area contributed by atoms with Gasteiger partial charge in [0, 0.05) is 11.0 Å². The van der Waals surface area contributed by atoms with E-state index in [1.54, 1.807) is 0 Å². The van der Waals surface area contributed by atoms with E-state index in [2.05, 4.69) is 27.6 Å². The Morgan fingerprint density at radius 2 is 1.50 bits per heavy atom. The molecule has 0 aliphatic rings. The maximum absolute atomic E-state index is 11.9. The molecule has 0 heterocycles. The molecule has 20 heavy (non-hydrogen) atoms. The second kappa shape index (κ2) is 11.5. The van der Waals surface area contributed by atoms with Crippen LogP contribution in [0.1, 0.15) is 58.3 Å². The van der Waals surface area contributed by atoms with Crippen molar-refractivity contribution in [2.24, 2.45) is 0 Å². The van der Waals surface area contributed by atoms with E-state index < -0.39 is 11.0 Å². The smallest absolute Gasteiger partial charge is 0.124 e. The number of halogens is 1. The van der Waals surface area contributed by atoms with Crippen molar-refractivity contribution in [2.45, 2.75) is 63.2 Å². The predicted molar refractivity (Wildman–Crippen MR) is 91.2 cm³/mol. The summed E-state index contributed by atoms with van der Waals surface area (Å²) in [7, 11) is -1.07. The molecule has 1 rings (SSSR count). The number of hydrogen-bond donors (Lipinski definition) is 1. The highest BCUT2D eigenvalue weighted by molar-refractivity contribution is 9.10. The number of hydrogen-bond acceptors (Lipinski definition) is 1. The summed E-state index contributed by atoms with van der Waals surface area (Å²) in [5.41, 5.74) is 0. The highest BCUT2D eigenvalue weighted by Crippen LogP contribution is 2.12. The van der Waals surface area contributed by atoms with Gasteiger partial charge in [-0.3, -0.25) is 0 Å². The summed E-state index contributed by atoms with van der Waals surface area (Å²) in [5, 5.41) is 0. The average Bonchev–Trinajstić information content (AvgIpc) is 2.46. The summed E-state index contributed by atoms with van der Waals surface area (Å²) in [6.07, 6.45) is 10.4. The minimum absolute atomic E-state index is 0.831. The molecule has 1 unspecified atom stereocenters. The van der Waals surface area contributed by atoms with Crippen LogP contribution in [0.2, 0.25) is 0 Å². The fourth-order valence-corrected chi connectivity index (χ4v) is 3.21. The third kappa shape index (κ3) is 8.18. The van der Waals surface area contributed by atoms with Gasteiger partial charge in [-0.2, -0.15) is 0 Å². The molecule has 0 saturated heterocycles. The first-order valence-electron chi connectivity index (χ1n) is 7.65. The van der Waals surface area contributed by atoms with Crippen molar-refractivity contribution in [3.63, 3.8) is 0 Å². The monoisotopic (exact) mass is 359 g/mol. The standard InChI is InChI=1S/C16H26BrNOS/c1-2-3-4-5-6-7-8-9-14-18-20(19)16-12-10-15(17)11-13-16/h10-13,18H,2-9,14H2,1H3. The van der Waals surface area contributed by atoms with Crippen molar-refractivity contribution in [1.82, 2.24) is 4.72 Å². The molecule has 0 aliphatic heterocycles. The van der Waals surface area contributed by atoms with Gasteiger partial charge >= 0.3 is 0 Å². The first kappa shape index (κ1) is 17.9. The molecule has 0 saturated carbocycles. The molecule has 1 N–H and O–H groups in total. The summed E-state index contributed by atoms with van der Waals surface area (Å²) in [4.78, 5) is 0.841. The fraction of sp³-hybridized carbons (Fsp3) is 0.625. The largest absolute Gasteiger partial charge is 0.238 e. The molecule has 1 aromatic rings. The molecule has 0 amide bonds. The van der Waals surface area contributed by atoms with E-state index in [9.17, 15) is 4.21 Å². The van der Waals surface area contributed by atoms with E-state index in [1.165, 1.54) is 44.9 Å². The molecular formula is C16H26BrNOS. The Morgan fingerprint density at radius 1 is 0.950 bits per heavy atom. The van der Waals surface area contributed by atoms with Crippen LogP contribution in [0.15, 0.2) is 33.6 Å². The van der Waals surface area contributed by atoms with Crippen LogP contribution in [0.25, 0.3) is 0 Å². The lowest BCUT2D eigenvalue weighted by atomic mass is 10.1. The minimum Gasteiger partial charge on any atom is -0.238 e. The summed E-state index contributed by atoms with van der Waals surface area (Å²) >= 11 is 3.38. The molecule has 0 aromatic heterocycles. The van der Waals surface area contributed by atoms with Gasteiger partial charge in [-0.1, -0.05) is 67.8 Å². The SMILES string of the molecule is CCCCCCCCCCNS(=O)c1ccc(Br)cc1. The van der Waals surface area contributed by atoms with Crippen molar-refractivity contribution in [3.05, 3.63) is 28.7 Å². The second-order valence-electron chi connectivity index (χ2n) is 5.09. The second-order valence-corrected chi connectivity index (χ2v) is 7.31. The molecule has 0 bridgehead atoms. The number of rotatable bonds is 11. The molecular weight excluding hydrogens is 334 g/mol. The van der Waals surface area contributed by atoms with Crippen LogP contribution in [0, 0.1) is 0 Å². The highest BCUT2D eigenvalue weighted by Gasteiger charge is 2.02. The molecule has 0 radical (unpaired) electrons. The molecule has 114 valence electrons. The van der Waals surface area contributed by atoms with Crippen LogP contribution in [-0.2, 0) is 11.0 Å². The Hall–Kier alpha value is -0.190. The van der Waals surface area contributed by atoms with Gasteiger partial charge in [0.1, 0.15) is 11.0 Å². The summed E-state index contributed by atoms with van der Waals surface area (Å²) in [6.45, 7) is 3.08. The predicted octanol–water partition coefficient (Wildman–Crippen LogP) is 5.20. The zero-order chi connectivity index (χ0) is 14.6. The van der Waals surface area contributed by atoms with Crippen molar-refractivity contribution in [1.29, 1.82) is 0 Å². The Morgan fingerprint density at radius 3 is 2.10 bits per heavy atom. The van der Waals surface area contributed by atoms with Crippen LogP contribution in [0.4, 0.5) is 0 Å². The molecule has 0 spiro atoms. The van der Waals surface area contributed by atoms with E-state index in [0.717, 1.165) is 22.3 Å². The Labute approximate surface area is 134 Å². The fourth-order valence-electron chi connectivity index (χ4n) is 2.07. The first-order chi connectivity index (χ1) is 9.74. The van der Waals surface area contributed by atoms with Crippen molar-refractivity contribution in [3.8, 4) is 0 Å². The average molecular weight is 360 g/mol. The highest BCUT2D eigenvalue weighted by atomic mass is 79.9. The van der Waals surface area contributed by atoms with Crippen molar-refractivity contribution in [2.75, 3.05) is 6.54 Å². The molecule has 0 aliphatic carbocycles. The summed E-state index contributed by atoms with van der Waals surface area (Å²) in [5.74, 6) is 0. The van der Waals surface area contributed by atoms with Crippen molar-refractivity contribution < 1.29 is 4.21 Å². The molecule has 1 atom stereocenters. The number of benzene rings is 1. The van der Waals surface area contributed by atoms with E-state index in [-0.39, 0.29) is 0 Å². The van der Waals surface area contributed by atoms with Crippen LogP contribution >= 0.6 is 15.9 Å². The van der Waals surface area contributed by atoms with Crippen molar-refractivity contribution >= 4 is 26.9 Å². The Kier molecular flexibility index (Phi) is 10.2. The lowest BCUT2D eigenvalue weighted by Gasteiger charge is -2.05. The van der Waals surface area contributed by atoms with Gasteiger partial charge in [0.25, 0.3) is 0 Å². The summed E-state index contributed by atoms with van der Waals surface area (Å²) in [6, 6.07) is 7.62. The minimum atomic E-state index is -1.07. The maximum Gasteiger partial charge on any atom is 0.124 e. The van der Waals surface area contributed by atoms with Crippen LogP contribution < -0.4 is 4.72 Å². The van der Waals surface area contributed by atoms with Gasteiger partial charge in [0.2, 0.25) is 0 Å². The Balaban J connectivity index is 2.01. The van der Waals surface area contributed by atoms with E-state index in [4.69, 9.17) is 0 Å². The van der Waals surface area contributed by atoms with Gasteiger partial charge in [0.05, 0.1) is 4.90 Å². The van der Waals surface area contributed by atoms with Gasteiger partial charge in [0.15, 0.2) is 0 Å². The molecule has 4 heteroatoms. The maximum atomic E-state index is 11.9. The van der Waals surface area contributed by atoms with Crippen LogP contribution in [0.5, 0.6) is 0 Å². The van der Waals surface area contributed by atoms with Gasteiger partial charge in [-0.05, 0) is 30.7 Å². The number of nitrogens with one attached hydrogen (secondary N) is 1. The van der Waals surface area contributed by atoms with Crippen LogP contribution in [-0.4, -0.2) is 10.8 Å². The van der Waals surface area contributed by atoms with E-state index in [1.807, 2.05) is 24.3 Å². The topological polar surface area (TPSA) is 29.1 Å². The quantitative estimate of drug-likeness (QED) is 0.540. The lowest BCUT2D eigenvalue weighted by molar-refractivity contribution is 0.573. The molecule has 0 fully saturated rings. The molecule has 2 nitrogen and oxygen atoms in total. The van der Waals surface area contributed by atoms with E-state index >= 15 is 0 Å². The zero-order valence-electron chi connectivity index (χ0n) is 12.4. The Bertz CT molecular complexity index is 381. The van der Waals surface area contributed by atoms with Gasteiger partial charge in [-0.25, -0.2) is 8.93 Å². The van der Waals surface area contributed by atoms with E-state index in [0.29, 0.717) is 0 Å². The van der Waals surface area contributed by atoms with Gasteiger partial charge < -0.3 is 0 Å². The third-order valence-electron chi connectivity index (χ3n) is 3.29.